The number of nitrogens with zero attached hydrogens (tertiary/aromatic N) is 2. The Morgan fingerprint density at radius 1 is 1.23 bits per heavy atom. The molecule has 0 unspecified atom stereocenters. The van der Waals surface area contributed by atoms with Crippen molar-refractivity contribution >= 4 is 34.0 Å². The van der Waals surface area contributed by atoms with E-state index in [0.29, 0.717) is 5.75 Å². The van der Waals surface area contributed by atoms with Gasteiger partial charge in [0.1, 0.15) is 0 Å². The van der Waals surface area contributed by atoms with E-state index in [4.69, 9.17) is 0 Å². The molecule has 0 aliphatic carbocycles. The molecule has 1 aromatic carbocycles. The number of thioether (sulfide) groups is 1. The highest BCUT2D eigenvalue weighted by Gasteiger charge is 2.13. The average Bonchev–Trinajstić information content (AvgIpc) is 3.00. The van der Waals surface area contributed by atoms with Crippen LogP contribution in [-0.2, 0) is 12.8 Å². The van der Waals surface area contributed by atoms with Crippen molar-refractivity contribution in [2.75, 3.05) is 17.6 Å². The summed E-state index contributed by atoms with van der Waals surface area (Å²) in [5, 5.41) is 12.1. The highest BCUT2D eigenvalue weighted by molar-refractivity contribution is 8.01. The highest BCUT2D eigenvalue weighted by atomic mass is 32.2. The van der Waals surface area contributed by atoms with Gasteiger partial charge in [-0.25, -0.2) is 0 Å². The topological polar surface area (TPSA) is 54.9 Å². The molecule has 0 aliphatic rings. The Hall–Kier alpha value is -1.40. The predicted octanol–water partition coefficient (Wildman–Crippen LogP) is 4.07. The van der Waals surface area contributed by atoms with Gasteiger partial charge >= 0.3 is 0 Å². The van der Waals surface area contributed by atoms with Gasteiger partial charge in [0.15, 0.2) is 10.1 Å². The van der Waals surface area contributed by atoms with Gasteiger partial charge in [0, 0.05) is 12.1 Å². The van der Waals surface area contributed by atoms with Gasteiger partial charge in [0.2, 0.25) is 5.13 Å². The summed E-state index contributed by atoms with van der Waals surface area (Å²) in [5.74, 6) is 0.568. The molecule has 0 saturated heterocycles. The second kappa shape index (κ2) is 8.29. The van der Waals surface area contributed by atoms with Crippen molar-refractivity contribution in [2.45, 2.75) is 38.0 Å². The summed E-state index contributed by atoms with van der Waals surface area (Å²) in [5.41, 5.74) is 3.18. The molecule has 1 heterocycles. The number of anilines is 1. The first-order chi connectivity index (χ1) is 10.7. The van der Waals surface area contributed by atoms with Crippen LogP contribution in [0.25, 0.3) is 0 Å². The maximum absolute atomic E-state index is 12.5. The molecule has 2 aromatic rings. The zero-order valence-electron chi connectivity index (χ0n) is 13.2. The summed E-state index contributed by atoms with van der Waals surface area (Å²) in [7, 11) is 0. The standard InChI is InChI=1S/C16H21N3OS2/c1-4-11-7-8-12(5-2)13(9-11)14(20)10-21-16-19-18-15(22-16)17-6-3/h7-9H,4-6,10H2,1-3H3,(H,17,18). The highest BCUT2D eigenvalue weighted by Crippen LogP contribution is 2.26. The van der Waals surface area contributed by atoms with E-state index in [0.717, 1.165) is 40.0 Å². The Balaban J connectivity index is 2.04. The molecule has 6 heteroatoms. The van der Waals surface area contributed by atoms with E-state index >= 15 is 0 Å². The van der Waals surface area contributed by atoms with Gasteiger partial charge in [-0.15, -0.1) is 10.2 Å². The smallest absolute Gasteiger partial charge is 0.206 e. The van der Waals surface area contributed by atoms with Crippen LogP contribution in [-0.4, -0.2) is 28.3 Å². The number of carbonyl (C=O) groups excluding carboxylic acids is 1. The summed E-state index contributed by atoms with van der Waals surface area (Å²) in [4.78, 5) is 12.5. The number of rotatable bonds is 8. The summed E-state index contributed by atoms with van der Waals surface area (Å²) in [6.45, 7) is 7.03. The minimum Gasteiger partial charge on any atom is -0.360 e. The quantitative estimate of drug-likeness (QED) is 0.582. The molecule has 22 heavy (non-hydrogen) atoms. The van der Waals surface area contributed by atoms with E-state index in [1.54, 1.807) is 0 Å². The van der Waals surface area contributed by atoms with Crippen LogP contribution >= 0.6 is 23.1 Å². The minimum atomic E-state index is 0.164. The van der Waals surface area contributed by atoms with Crippen LogP contribution in [0.1, 0.15) is 42.3 Å². The predicted molar refractivity (Wildman–Crippen MR) is 94.3 cm³/mol. The van der Waals surface area contributed by atoms with Gasteiger partial charge in [-0.2, -0.15) is 0 Å². The fourth-order valence-corrected chi connectivity index (χ4v) is 3.81. The van der Waals surface area contributed by atoms with Crippen LogP contribution < -0.4 is 5.32 Å². The fraction of sp³-hybridized carbons (Fsp3) is 0.438. The molecular weight excluding hydrogens is 314 g/mol. The van der Waals surface area contributed by atoms with E-state index < -0.39 is 0 Å². The lowest BCUT2D eigenvalue weighted by Gasteiger charge is -2.08. The monoisotopic (exact) mass is 335 g/mol. The first kappa shape index (κ1) is 17.0. The van der Waals surface area contributed by atoms with Crippen molar-refractivity contribution in [3.8, 4) is 0 Å². The molecule has 0 bridgehead atoms. The van der Waals surface area contributed by atoms with Crippen molar-refractivity contribution in [2.24, 2.45) is 0 Å². The first-order valence-corrected chi connectivity index (χ1v) is 9.33. The van der Waals surface area contributed by atoms with E-state index in [2.05, 4.69) is 41.5 Å². The van der Waals surface area contributed by atoms with Crippen molar-refractivity contribution in [1.29, 1.82) is 0 Å². The summed E-state index contributed by atoms with van der Waals surface area (Å²) < 4.78 is 0.828. The van der Waals surface area contributed by atoms with Crippen molar-refractivity contribution in [1.82, 2.24) is 10.2 Å². The number of nitrogens with one attached hydrogen (secondary N) is 1. The lowest BCUT2D eigenvalue weighted by molar-refractivity contribution is 0.102. The molecule has 0 radical (unpaired) electrons. The second-order valence-corrected chi connectivity index (χ2v) is 7.01. The molecule has 0 saturated carbocycles. The molecule has 0 amide bonds. The molecule has 0 aliphatic heterocycles. The minimum absolute atomic E-state index is 0.164. The SMILES string of the molecule is CCNc1nnc(SCC(=O)c2cc(CC)ccc2CC)s1. The van der Waals surface area contributed by atoms with E-state index in [1.807, 2.05) is 13.0 Å². The number of aromatic nitrogens is 2. The van der Waals surface area contributed by atoms with Gasteiger partial charge in [-0.1, -0.05) is 49.1 Å². The van der Waals surface area contributed by atoms with Crippen LogP contribution in [0.4, 0.5) is 5.13 Å². The van der Waals surface area contributed by atoms with Crippen LogP contribution in [0.15, 0.2) is 22.5 Å². The number of hydrogen-bond donors (Lipinski definition) is 1. The first-order valence-electron chi connectivity index (χ1n) is 7.53. The van der Waals surface area contributed by atoms with Gasteiger partial charge in [0.05, 0.1) is 5.75 Å². The summed E-state index contributed by atoms with van der Waals surface area (Å²) in [6.07, 6.45) is 1.82. The Labute approximate surface area is 139 Å². The van der Waals surface area contributed by atoms with Crippen LogP contribution in [0.3, 0.4) is 0 Å². The zero-order chi connectivity index (χ0) is 15.9. The molecule has 118 valence electrons. The lowest BCUT2D eigenvalue weighted by atomic mass is 9.98. The number of Topliss-reactive ketones (excluding diaryl/α,β-unsaturated/α-hetero) is 1. The van der Waals surface area contributed by atoms with Crippen LogP contribution in [0.5, 0.6) is 0 Å². The second-order valence-electron chi connectivity index (χ2n) is 4.81. The number of hydrogen-bond acceptors (Lipinski definition) is 6. The maximum atomic E-state index is 12.5. The van der Waals surface area contributed by atoms with Gasteiger partial charge < -0.3 is 5.32 Å². The Morgan fingerprint density at radius 3 is 2.73 bits per heavy atom. The van der Waals surface area contributed by atoms with E-state index in [-0.39, 0.29) is 5.78 Å². The van der Waals surface area contributed by atoms with Gasteiger partial charge in [-0.3, -0.25) is 4.79 Å². The lowest BCUT2D eigenvalue weighted by Crippen LogP contribution is -2.07. The normalized spacial score (nSPS) is 10.7. The van der Waals surface area contributed by atoms with Gasteiger partial charge in [-0.05, 0) is 37.0 Å². The van der Waals surface area contributed by atoms with E-state index in [1.165, 1.54) is 28.7 Å². The summed E-state index contributed by atoms with van der Waals surface area (Å²) >= 11 is 2.95. The maximum Gasteiger partial charge on any atom is 0.206 e. The average molecular weight is 335 g/mol. The molecule has 0 spiro atoms. The molecule has 4 nitrogen and oxygen atoms in total. The third-order valence-corrected chi connectivity index (χ3v) is 5.34. The van der Waals surface area contributed by atoms with Crippen LogP contribution in [0, 0.1) is 0 Å². The molecule has 0 atom stereocenters. The molecule has 2 rings (SSSR count). The van der Waals surface area contributed by atoms with Crippen molar-refractivity contribution in [3.63, 3.8) is 0 Å². The van der Waals surface area contributed by atoms with E-state index in [9.17, 15) is 4.79 Å². The Morgan fingerprint density at radius 2 is 2.05 bits per heavy atom. The molecule has 0 fully saturated rings. The van der Waals surface area contributed by atoms with Crippen molar-refractivity contribution in [3.05, 3.63) is 34.9 Å². The third-order valence-electron chi connectivity index (χ3n) is 3.33. The Kier molecular flexibility index (Phi) is 6.39. The molecular formula is C16H21N3OS2. The van der Waals surface area contributed by atoms with Crippen LogP contribution in [0.2, 0.25) is 0 Å². The fourth-order valence-electron chi connectivity index (χ4n) is 2.11. The van der Waals surface area contributed by atoms with Crippen molar-refractivity contribution < 1.29 is 4.79 Å². The number of carbonyl (C=O) groups is 1. The third kappa shape index (κ3) is 4.30. The Bertz CT molecular complexity index is 640. The molecule has 1 N–H and O–H groups in total. The summed E-state index contributed by atoms with van der Waals surface area (Å²) in [6, 6.07) is 6.22. The number of ketones is 1. The largest absolute Gasteiger partial charge is 0.360 e. The van der Waals surface area contributed by atoms with Gasteiger partial charge in [0.25, 0.3) is 0 Å². The number of benzene rings is 1. The molecule has 1 aromatic heterocycles. The zero-order valence-corrected chi connectivity index (χ0v) is 14.8. The number of aryl methyl sites for hydroxylation is 2.